The van der Waals surface area contributed by atoms with Crippen LogP contribution < -0.4 is 15.4 Å². The highest BCUT2D eigenvalue weighted by atomic mass is 16.5. The van der Waals surface area contributed by atoms with Gasteiger partial charge in [-0.25, -0.2) is 9.97 Å². The predicted molar refractivity (Wildman–Crippen MR) is 116 cm³/mol. The SMILES string of the molecule is COc1ccccc1CCNc1nc(C)cc(C(=O)Nc2ccc(C)c(C)c2)n1. The van der Waals surface area contributed by atoms with Crippen molar-refractivity contribution < 1.29 is 9.53 Å². The van der Waals surface area contributed by atoms with Gasteiger partial charge in [-0.1, -0.05) is 24.3 Å². The number of hydrogen-bond donors (Lipinski definition) is 2. The molecule has 0 saturated carbocycles. The summed E-state index contributed by atoms with van der Waals surface area (Å²) in [4.78, 5) is 21.4. The highest BCUT2D eigenvalue weighted by Crippen LogP contribution is 2.18. The number of ether oxygens (including phenoxy) is 1. The van der Waals surface area contributed by atoms with Crippen LogP contribution in [0.5, 0.6) is 5.75 Å². The first-order chi connectivity index (χ1) is 14.0. The number of benzene rings is 2. The zero-order valence-corrected chi connectivity index (χ0v) is 17.2. The van der Waals surface area contributed by atoms with Gasteiger partial charge in [-0.3, -0.25) is 4.79 Å². The molecule has 0 unspecified atom stereocenters. The van der Waals surface area contributed by atoms with E-state index < -0.39 is 0 Å². The van der Waals surface area contributed by atoms with E-state index in [1.807, 2.05) is 63.2 Å². The third-order valence-electron chi connectivity index (χ3n) is 4.72. The molecule has 6 nitrogen and oxygen atoms in total. The summed E-state index contributed by atoms with van der Waals surface area (Å²) in [5.74, 6) is 1.03. The van der Waals surface area contributed by atoms with E-state index in [-0.39, 0.29) is 5.91 Å². The van der Waals surface area contributed by atoms with E-state index in [2.05, 4.69) is 20.6 Å². The Bertz CT molecular complexity index is 1020. The molecule has 150 valence electrons. The van der Waals surface area contributed by atoms with Gasteiger partial charge < -0.3 is 15.4 Å². The summed E-state index contributed by atoms with van der Waals surface area (Å²) in [7, 11) is 1.66. The van der Waals surface area contributed by atoms with Gasteiger partial charge in [-0.05, 0) is 68.1 Å². The molecule has 1 aromatic heterocycles. The molecule has 0 fully saturated rings. The van der Waals surface area contributed by atoms with E-state index in [9.17, 15) is 4.79 Å². The van der Waals surface area contributed by atoms with Crippen molar-refractivity contribution in [3.8, 4) is 5.75 Å². The van der Waals surface area contributed by atoms with Crippen LogP contribution in [0, 0.1) is 20.8 Å². The zero-order chi connectivity index (χ0) is 20.8. The van der Waals surface area contributed by atoms with Gasteiger partial charge >= 0.3 is 0 Å². The van der Waals surface area contributed by atoms with Gasteiger partial charge in [0.05, 0.1) is 7.11 Å². The van der Waals surface area contributed by atoms with Crippen LogP contribution >= 0.6 is 0 Å². The Balaban J connectivity index is 1.67. The number of hydrogen-bond acceptors (Lipinski definition) is 5. The molecule has 0 spiro atoms. The van der Waals surface area contributed by atoms with Gasteiger partial charge in [0.25, 0.3) is 5.91 Å². The van der Waals surface area contributed by atoms with E-state index >= 15 is 0 Å². The standard InChI is InChI=1S/C23H26N4O2/c1-15-9-10-19(13-16(15)2)26-22(28)20-14-17(3)25-23(27-20)24-12-11-18-7-5-6-8-21(18)29-4/h5-10,13-14H,11-12H2,1-4H3,(H,26,28)(H,24,25,27). The maximum absolute atomic E-state index is 12.6. The fourth-order valence-corrected chi connectivity index (χ4v) is 3.00. The van der Waals surface area contributed by atoms with E-state index in [4.69, 9.17) is 4.74 Å². The van der Waals surface area contributed by atoms with Crippen LogP contribution in [0.15, 0.2) is 48.5 Å². The van der Waals surface area contributed by atoms with Crippen LogP contribution in [-0.2, 0) is 6.42 Å². The number of anilines is 2. The van der Waals surface area contributed by atoms with Gasteiger partial charge in [0.2, 0.25) is 5.95 Å². The average molecular weight is 390 g/mol. The van der Waals surface area contributed by atoms with Gasteiger partial charge in [0.1, 0.15) is 11.4 Å². The van der Waals surface area contributed by atoms with E-state index in [0.717, 1.165) is 34.7 Å². The lowest BCUT2D eigenvalue weighted by Gasteiger charge is -2.11. The molecule has 6 heteroatoms. The summed E-state index contributed by atoms with van der Waals surface area (Å²) >= 11 is 0. The van der Waals surface area contributed by atoms with Crippen molar-refractivity contribution >= 4 is 17.5 Å². The average Bonchev–Trinajstić information content (AvgIpc) is 2.70. The number of aromatic nitrogens is 2. The second-order valence-corrected chi connectivity index (χ2v) is 6.96. The summed E-state index contributed by atoms with van der Waals surface area (Å²) in [6, 6.07) is 15.4. The normalized spacial score (nSPS) is 10.5. The number of carbonyl (C=O) groups excluding carboxylic acids is 1. The van der Waals surface area contributed by atoms with Crippen molar-refractivity contribution in [2.75, 3.05) is 24.3 Å². The van der Waals surface area contributed by atoms with Crippen LogP contribution in [0.2, 0.25) is 0 Å². The molecule has 0 aliphatic rings. The Morgan fingerprint density at radius 3 is 2.55 bits per heavy atom. The molecule has 0 saturated heterocycles. The number of amides is 1. The molecule has 0 atom stereocenters. The quantitative estimate of drug-likeness (QED) is 0.628. The van der Waals surface area contributed by atoms with Crippen molar-refractivity contribution in [1.82, 2.24) is 9.97 Å². The first kappa shape index (κ1) is 20.3. The molecular weight excluding hydrogens is 364 g/mol. The molecule has 0 radical (unpaired) electrons. The van der Waals surface area contributed by atoms with Gasteiger partial charge in [0, 0.05) is 17.9 Å². The van der Waals surface area contributed by atoms with Crippen LogP contribution in [0.4, 0.5) is 11.6 Å². The summed E-state index contributed by atoms with van der Waals surface area (Å²) < 4.78 is 5.38. The lowest BCUT2D eigenvalue weighted by atomic mass is 10.1. The van der Waals surface area contributed by atoms with E-state index in [1.54, 1.807) is 13.2 Å². The Morgan fingerprint density at radius 2 is 1.79 bits per heavy atom. The smallest absolute Gasteiger partial charge is 0.274 e. The van der Waals surface area contributed by atoms with Gasteiger partial charge in [0.15, 0.2) is 0 Å². The molecule has 3 rings (SSSR count). The van der Waals surface area contributed by atoms with Crippen molar-refractivity contribution in [3.63, 3.8) is 0 Å². The second-order valence-electron chi connectivity index (χ2n) is 6.96. The summed E-state index contributed by atoms with van der Waals surface area (Å²) in [5, 5.41) is 6.11. The fourth-order valence-electron chi connectivity index (χ4n) is 3.00. The van der Waals surface area contributed by atoms with Crippen molar-refractivity contribution in [2.45, 2.75) is 27.2 Å². The minimum atomic E-state index is -0.258. The topological polar surface area (TPSA) is 76.1 Å². The second kappa shape index (κ2) is 9.19. The van der Waals surface area contributed by atoms with Gasteiger partial charge in [-0.15, -0.1) is 0 Å². The van der Waals surface area contributed by atoms with E-state index in [0.29, 0.717) is 18.2 Å². The maximum Gasteiger partial charge on any atom is 0.274 e. The molecule has 2 N–H and O–H groups in total. The predicted octanol–water partition coefficient (Wildman–Crippen LogP) is 4.32. The number of methoxy groups -OCH3 is 1. The molecule has 1 heterocycles. The fraction of sp³-hybridized carbons (Fsp3) is 0.261. The number of carbonyl (C=O) groups is 1. The highest BCUT2D eigenvalue weighted by Gasteiger charge is 2.12. The Hall–Kier alpha value is -3.41. The molecule has 3 aromatic rings. The largest absolute Gasteiger partial charge is 0.496 e. The zero-order valence-electron chi connectivity index (χ0n) is 17.2. The molecule has 0 bridgehead atoms. The summed E-state index contributed by atoms with van der Waals surface area (Å²) in [6.45, 7) is 6.53. The number of rotatable bonds is 7. The Morgan fingerprint density at radius 1 is 1.00 bits per heavy atom. The molecule has 1 amide bonds. The summed E-state index contributed by atoms with van der Waals surface area (Å²) in [6.07, 6.45) is 0.755. The van der Waals surface area contributed by atoms with Crippen LogP contribution in [0.1, 0.15) is 32.9 Å². The minimum Gasteiger partial charge on any atom is -0.496 e. The lowest BCUT2D eigenvalue weighted by Crippen LogP contribution is -2.17. The minimum absolute atomic E-state index is 0.258. The third-order valence-corrected chi connectivity index (χ3v) is 4.72. The lowest BCUT2D eigenvalue weighted by molar-refractivity contribution is 0.102. The summed E-state index contributed by atoms with van der Waals surface area (Å²) in [5.41, 5.74) is 5.21. The highest BCUT2D eigenvalue weighted by molar-refractivity contribution is 6.03. The van der Waals surface area contributed by atoms with E-state index in [1.165, 1.54) is 5.56 Å². The molecule has 0 aliphatic carbocycles. The van der Waals surface area contributed by atoms with Crippen LogP contribution in [-0.4, -0.2) is 29.5 Å². The van der Waals surface area contributed by atoms with Crippen molar-refractivity contribution in [2.24, 2.45) is 0 Å². The van der Waals surface area contributed by atoms with Gasteiger partial charge in [-0.2, -0.15) is 0 Å². The van der Waals surface area contributed by atoms with Crippen molar-refractivity contribution in [3.05, 3.63) is 76.6 Å². The number of aryl methyl sites for hydroxylation is 3. The first-order valence-corrected chi connectivity index (χ1v) is 9.56. The molecule has 2 aromatic carbocycles. The Labute approximate surface area is 171 Å². The Kier molecular flexibility index (Phi) is 6.44. The van der Waals surface area contributed by atoms with Crippen molar-refractivity contribution in [1.29, 1.82) is 0 Å². The monoisotopic (exact) mass is 390 g/mol. The number of nitrogens with zero attached hydrogens (tertiary/aromatic N) is 2. The maximum atomic E-state index is 12.6. The van der Waals surface area contributed by atoms with Crippen LogP contribution in [0.25, 0.3) is 0 Å². The number of nitrogens with one attached hydrogen (secondary N) is 2. The molecule has 29 heavy (non-hydrogen) atoms. The number of para-hydroxylation sites is 1. The molecular formula is C23H26N4O2. The molecule has 0 aliphatic heterocycles. The first-order valence-electron chi connectivity index (χ1n) is 9.56. The third kappa shape index (κ3) is 5.31. The van der Waals surface area contributed by atoms with Crippen LogP contribution in [0.3, 0.4) is 0 Å².